The van der Waals surface area contributed by atoms with E-state index >= 15 is 0 Å². The lowest BCUT2D eigenvalue weighted by Gasteiger charge is -2.06. The molecule has 0 saturated heterocycles. The van der Waals surface area contributed by atoms with Crippen LogP contribution >= 0.6 is 0 Å². The lowest BCUT2D eigenvalue weighted by atomic mass is 10.2. The molecule has 0 bridgehead atoms. The predicted octanol–water partition coefficient (Wildman–Crippen LogP) is 3.40. The highest BCUT2D eigenvalue weighted by Crippen LogP contribution is 2.02. The fraction of sp³-hybridized carbons (Fsp3) is 0.250. The molecule has 0 fully saturated rings. The topological polar surface area (TPSA) is 43.4 Å². The van der Waals surface area contributed by atoms with Gasteiger partial charge in [0.1, 0.15) is 6.61 Å². The third-order valence-electron chi connectivity index (χ3n) is 2.35. The van der Waals surface area contributed by atoms with Gasteiger partial charge in [-0.1, -0.05) is 43.5 Å². The summed E-state index contributed by atoms with van der Waals surface area (Å²) in [4.78, 5) is 23.1. The Bertz CT molecular complexity index is 510. The molecule has 0 aliphatic heterocycles. The average molecular weight is 288 g/mol. The van der Waals surface area contributed by atoms with Gasteiger partial charge in [-0.25, -0.2) is 4.79 Å². The van der Waals surface area contributed by atoms with Gasteiger partial charge in [-0.15, -0.1) is 0 Å². The highest BCUT2D eigenvalue weighted by molar-refractivity contribution is 6.81. The standard InChI is InChI=1S/C16H20O3Si/c1-20(2,3)13-11-15(17)10-7-12-19-16(18)14-8-5-4-6-9-14/h4-11,13H,12H2,1-3H3/b10-7+,13-11+. The summed E-state index contributed by atoms with van der Waals surface area (Å²) in [5, 5.41) is 0. The Hall–Kier alpha value is -1.94. The van der Waals surface area contributed by atoms with Crippen molar-refractivity contribution in [3.05, 3.63) is 59.8 Å². The molecule has 0 radical (unpaired) electrons. The maximum absolute atomic E-state index is 11.6. The molecule has 106 valence electrons. The highest BCUT2D eigenvalue weighted by atomic mass is 28.3. The van der Waals surface area contributed by atoms with Crippen LogP contribution in [0.25, 0.3) is 0 Å². The van der Waals surface area contributed by atoms with Crippen molar-refractivity contribution in [2.24, 2.45) is 0 Å². The molecule has 0 aliphatic rings. The zero-order chi connectivity index (χ0) is 15.0. The summed E-state index contributed by atoms with van der Waals surface area (Å²) in [6, 6.07) is 8.76. The molecule has 4 heteroatoms. The number of ether oxygens (including phenoxy) is 1. The molecular formula is C16H20O3Si. The minimum absolute atomic E-state index is 0.0804. The van der Waals surface area contributed by atoms with E-state index in [-0.39, 0.29) is 18.4 Å². The van der Waals surface area contributed by atoms with Crippen molar-refractivity contribution in [2.75, 3.05) is 6.61 Å². The van der Waals surface area contributed by atoms with E-state index in [1.165, 1.54) is 6.08 Å². The number of carbonyl (C=O) groups is 2. The second-order valence-corrected chi connectivity index (χ2v) is 10.5. The van der Waals surface area contributed by atoms with Crippen LogP contribution in [0.1, 0.15) is 10.4 Å². The Morgan fingerprint density at radius 2 is 1.75 bits per heavy atom. The number of benzene rings is 1. The summed E-state index contributed by atoms with van der Waals surface area (Å²) in [6.45, 7) is 6.56. The SMILES string of the molecule is C[Si](C)(C)/C=C/C(=O)/C=C/COC(=O)c1ccccc1. The van der Waals surface area contributed by atoms with Gasteiger partial charge < -0.3 is 4.74 Å². The minimum atomic E-state index is -1.35. The van der Waals surface area contributed by atoms with Crippen LogP contribution in [0.15, 0.2) is 54.3 Å². The number of hydrogen-bond acceptors (Lipinski definition) is 3. The Labute approximate surface area is 121 Å². The summed E-state index contributed by atoms with van der Waals surface area (Å²) < 4.78 is 5.03. The second kappa shape index (κ2) is 7.60. The number of hydrogen-bond donors (Lipinski definition) is 0. The molecule has 0 saturated carbocycles. The van der Waals surface area contributed by atoms with Crippen LogP contribution in [0.4, 0.5) is 0 Å². The summed E-state index contributed by atoms with van der Waals surface area (Å²) in [6.07, 6.45) is 4.56. The molecule has 0 aromatic heterocycles. The minimum Gasteiger partial charge on any atom is -0.458 e. The van der Waals surface area contributed by atoms with Gasteiger partial charge in [0.15, 0.2) is 5.78 Å². The monoisotopic (exact) mass is 288 g/mol. The lowest BCUT2D eigenvalue weighted by Crippen LogP contribution is -2.16. The third-order valence-corrected chi connectivity index (χ3v) is 3.52. The van der Waals surface area contributed by atoms with E-state index in [1.54, 1.807) is 36.4 Å². The molecule has 0 spiro atoms. The van der Waals surface area contributed by atoms with Gasteiger partial charge in [-0.3, -0.25) is 4.79 Å². The molecule has 0 heterocycles. The fourth-order valence-corrected chi connectivity index (χ4v) is 2.00. The summed E-state index contributed by atoms with van der Waals surface area (Å²) in [5.41, 5.74) is 2.49. The van der Waals surface area contributed by atoms with E-state index in [4.69, 9.17) is 4.74 Å². The number of ketones is 1. The summed E-state index contributed by atoms with van der Waals surface area (Å²) >= 11 is 0. The van der Waals surface area contributed by atoms with Crippen molar-refractivity contribution in [1.82, 2.24) is 0 Å². The molecule has 20 heavy (non-hydrogen) atoms. The number of esters is 1. The van der Waals surface area contributed by atoms with Crippen LogP contribution in [0, 0.1) is 0 Å². The molecule has 0 aliphatic carbocycles. The Morgan fingerprint density at radius 1 is 1.10 bits per heavy atom. The van der Waals surface area contributed by atoms with Gasteiger partial charge in [-0.05, 0) is 30.4 Å². The largest absolute Gasteiger partial charge is 0.458 e. The van der Waals surface area contributed by atoms with Crippen LogP contribution in [0.2, 0.25) is 19.6 Å². The van der Waals surface area contributed by atoms with Gasteiger partial charge in [0.05, 0.1) is 13.6 Å². The predicted molar refractivity (Wildman–Crippen MR) is 83.4 cm³/mol. The van der Waals surface area contributed by atoms with Crippen molar-refractivity contribution in [3.8, 4) is 0 Å². The van der Waals surface area contributed by atoms with E-state index in [0.717, 1.165) is 0 Å². The molecular weight excluding hydrogens is 268 g/mol. The molecule has 0 amide bonds. The molecule has 1 aromatic rings. The first-order valence-electron chi connectivity index (χ1n) is 6.50. The number of rotatable bonds is 6. The normalized spacial score (nSPS) is 11.9. The Morgan fingerprint density at radius 3 is 2.35 bits per heavy atom. The Balaban J connectivity index is 2.37. The third kappa shape index (κ3) is 6.85. The van der Waals surface area contributed by atoms with Crippen LogP contribution < -0.4 is 0 Å². The first-order chi connectivity index (χ1) is 9.38. The molecule has 1 rings (SSSR count). The van der Waals surface area contributed by atoms with Crippen LogP contribution in [0.3, 0.4) is 0 Å². The second-order valence-electron chi connectivity index (χ2n) is 5.47. The number of carbonyl (C=O) groups excluding carboxylic acids is 2. The zero-order valence-electron chi connectivity index (χ0n) is 12.1. The van der Waals surface area contributed by atoms with Gasteiger partial charge in [-0.2, -0.15) is 0 Å². The maximum Gasteiger partial charge on any atom is 0.338 e. The fourth-order valence-electron chi connectivity index (χ4n) is 1.33. The smallest absolute Gasteiger partial charge is 0.338 e. The van der Waals surface area contributed by atoms with Gasteiger partial charge in [0, 0.05) is 0 Å². The Kier molecular flexibility index (Phi) is 6.12. The van der Waals surface area contributed by atoms with Gasteiger partial charge in [0.25, 0.3) is 0 Å². The number of allylic oxidation sites excluding steroid dienone is 2. The van der Waals surface area contributed by atoms with Crippen molar-refractivity contribution >= 4 is 19.8 Å². The van der Waals surface area contributed by atoms with Crippen LogP contribution in [-0.2, 0) is 9.53 Å². The summed E-state index contributed by atoms with van der Waals surface area (Å²) in [5.74, 6) is -0.469. The van der Waals surface area contributed by atoms with E-state index in [9.17, 15) is 9.59 Å². The van der Waals surface area contributed by atoms with Gasteiger partial charge >= 0.3 is 5.97 Å². The van der Waals surface area contributed by atoms with E-state index in [1.807, 2.05) is 11.8 Å². The lowest BCUT2D eigenvalue weighted by molar-refractivity contribution is -0.110. The average Bonchev–Trinajstić information content (AvgIpc) is 2.41. The first kappa shape index (κ1) is 16.1. The molecule has 0 atom stereocenters. The van der Waals surface area contributed by atoms with Crippen LogP contribution in [-0.4, -0.2) is 26.4 Å². The van der Waals surface area contributed by atoms with Crippen LogP contribution in [0.5, 0.6) is 0 Å². The molecule has 0 N–H and O–H groups in total. The van der Waals surface area contributed by atoms with Crippen molar-refractivity contribution in [1.29, 1.82) is 0 Å². The molecule has 0 unspecified atom stereocenters. The zero-order valence-corrected chi connectivity index (χ0v) is 13.1. The van der Waals surface area contributed by atoms with E-state index in [0.29, 0.717) is 5.56 Å². The first-order valence-corrected chi connectivity index (χ1v) is 10.1. The van der Waals surface area contributed by atoms with E-state index < -0.39 is 8.07 Å². The molecule has 1 aromatic carbocycles. The quantitative estimate of drug-likeness (QED) is 0.458. The summed E-state index contributed by atoms with van der Waals surface area (Å²) in [7, 11) is -1.35. The van der Waals surface area contributed by atoms with Crippen molar-refractivity contribution < 1.29 is 14.3 Å². The maximum atomic E-state index is 11.6. The van der Waals surface area contributed by atoms with Gasteiger partial charge in [0.2, 0.25) is 0 Å². The van der Waals surface area contributed by atoms with E-state index in [2.05, 4.69) is 19.6 Å². The van der Waals surface area contributed by atoms with Crippen molar-refractivity contribution in [3.63, 3.8) is 0 Å². The molecule has 3 nitrogen and oxygen atoms in total. The van der Waals surface area contributed by atoms with Crippen molar-refractivity contribution in [2.45, 2.75) is 19.6 Å². The highest BCUT2D eigenvalue weighted by Gasteiger charge is 2.07.